The van der Waals surface area contributed by atoms with Gasteiger partial charge in [-0.2, -0.15) is 0 Å². The van der Waals surface area contributed by atoms with E-state index >= 15 is 0 Å². The Morgan fingerprint density at radius 1 is 1.25 bits per heavy atom. The van der Waals surface area contributed by atoms with Gasteiger partial charge in [-0.05, 0) is 45.5 Å². The van der Waals surface area contributed by atoms with E-state index in [2.05, 4.69) is 37.2 Å². The van der Waals surface area contributed by atoms with Crippen LogP contribution in [0.5, 0.6) is 5.75 Å². The Labute approximate surface area is 142 Å². The molecule has 3 rings (SSSR count). The predicted octanol–water partition coefficient (Wildman–Crippen LogP) is 3.96. The van der Waals surface area contributed by atoms with Crippen LogP contribution in [-0.4, -0.2) is 36.1 Å². The molecule has 0 aromatic heterocycles. The third-order valence-corrected chi connectivity index (χ3v) is 5.10. The molecule has 5 heteroatoms. The van der Waals surface area contributed by atoms with Crippen molar-refractivity contribution in [2.24, 2.45) is 5.92 Å². The summed E-state index contributed by atoms with van der Waals surface area (Å²) >= 11 is 0. The third-order valence-electron chi connectivity index (χ3n) is 5.10. The number of benzene rings is 1. The van der Waals surface area contributed by atoms with E-state index in [1.165, 1.54) is 17.7 Å². The molecule has 0 saturated heterocycles. The maximum atomic E-state index is 10.8. The van der Waals surface area contributed by atoms with Crippen molar-refractivity contribution in [3.63, 3.8) is 0 Å². The number of fused-ring (bicyclic) bond motifs is 1. The van der Waals surface area contributed by atoms with Gasteiger partial charge in [-0.3, -0.25) is 10.1 Å². The second-order valence-electron chi connectivity index (χ2n) is 6.81. The largest absolute Gasteiger partial charge is 0.490 e. The number of hydrogen-bond donors (Lipinski definition) is 0. The van der Waals surface area contributed by atoms with Crippen LogP contribution in [0.15, 0.2) is 48.1 Å². The fourth-order valence-electron chi connectivity index (χ4n) is 3.66. The van der Waals surface area contributed by atoms with Gasteiger partial charge in [0.1, 0.15) is 11.9 Å². The Bertz CT molecular complexity index is 649. The van der Waals surface area contributed by atoms with Gasteiger partial charge in [0.25, 0.3) is 5.69 Å². The number of non-ortho nitro benzene ring substituents is 1. The molecule has 0 N–H and O–H groups in total. The first kappa shape index (κ1) is 16.7. The van der Waals surface area contributed by atoms with Crippen molar-refractivity contribution in [2.45, 2.75) is 37.8 Å². The highest BCUT2D eigenvalue weighted by Crippen LogP contribution is 2.37. The Morgan fingerprint density at radius 2 is 2.00 bits per heavy atom. The summed E-state index contributed by atoms with van der Waals surface area (Å²) in [5.74, 6) is 1.11. The third kappa shape index (κ3) is 3.67. The van der Waals surface area contributed by atoms with Gasteiger partial charge in [-0.1, -0.05) is 23.8 Å². The van der Waals surface area contributed by atoms with Crippen molar-refractivity contribution in [3.05, 3.63) is 58.2 Å². The molecule has 3 atom stereocenters. The average molecular weight is 328 g/mol. The van der Waals surface area contributed by atoms with Crippen molar-refractivity contribution in [3.8, 4) is 5.75 Å². The highest BCUT2D eigenvalue weighted by atomic mass is 16.6. The molecular weight excluding hydrogens is 304 g/mol. The van der Waals surface area contributed by atoms with E-state index in [-0.39, 0.29) is 16.7 Å². The van der Waals surface area contributed by atoms with Crippen LogP contribution < -0.4 is 4.74 Å². The Hall–Kier alpha value is -2.14. The van der Waals surface area contributed by atoms with Crippen molar-refractivity contribution in [1.82, 2.24) is 4.90 Å². The lowest BCUT2D eigenvalue weighted by molar-refractivity contribution is -0.384. The van der Waals surface area contributed by atoms with Gasteiger partial charge in [0, 0.05) is 30.5 Å². The van der Waals surface area contributed by atoms with Crippen LogP contribution in [0.1, 0.15) is 25.7 Å². The number of rotatable bonds is 4. The number of ether oxygens (including phenoxy) is 1. The molecule has 1 saturated carbocycles. The first-order chi connectivity index (χ1) is 11.5. The molecule has 1 aromatic rings. The molecule has 0 bridgehead atoms. The average Bonchev–Trinajstić information content (AvgIpc) is 2.76. The van der Waals surface area contributed by atoms with E-state index in [9.17, 15) is 10.1 Å². The Morgan fingerprint density at radius 3 is 2.67 bits per heavy atom. The summed E-state index contributed by atoms with van der Waals surface area (Å²) in [6.07, 6.45) is 10.9. The molecule has 1 fully saturated rings. The highest BCUT2D eigenvalue weighted by Gasteiger charge is 2.33. The molecule has 0 aliphatic heterocycles. The van der Waals surface area contributed by atoms with Crippen LogP contribution in [0.2, 0.25) is 0 Å². The number of nitro benzene ring substituents is 1. The monoisotopic (exact) mass is 328 g/mol. The van der Waals surface area contributed by atoms with Crippen molar-refractivity contribution >= 4 is 5.69 Å². The van der Waals surface area contributed by atoms with E-state index in [1.807, 2.05) is 0 Å². The molecule has 0 radical (unpaired) electrons. The van der Waals surface area contributed by atoms with E-state index in [1.54, 1.807) is 12.1 Å². The standard InChI is InChI=1S/C19H24N2O3/c1-20(2)16-8-7-14-5-3-4-6-18(14)19(13-16)24-17-11-9-15(10-12-17)21(22)23/h3-5,9-12,16,18-19H,6-8,13H2,1-2H3. The zero-order valence-corrected chi connectivity index (χ0v) is 14.2. The van der Waals surface area contributed by atoms with E-state index < -0.39 is 0 Å². The Kier molecular flexibility index (Phi) is 5.00. The summed E-state index contributed by atoms with van der Waals surface area (Å²) in [5.41, 5.74) is 1.56. The van der Waals surface area contributed by atoms with Crippen LogP contribution in [-0.2, 0) is 0 Å². The zero-order chi connectivity index (χ0) is 17.1. The van der Waals surface area contributed by atoms with Gasteiger partial charge in [0.05, 0.1) is 4.92 Å². The maximum absolute atomic E-state index is 10.8. The lowest BCUT2D eigenvalue weighted by atomic mass is 9.85. The van der Waals surface area contributed by atoms with Gasteiger partial charge < -0.3 is 9.64 Å². The lowest BCUT2D eigenvalue weighted by Crippen LogP contribution is -2.35. The van der Waals surface area contributed by atoms with Crippen LogP contribution in [0.4, 0.5) is 5.69 Å². The van der Waals surface area contributed by atoms with Crippen LogP contribution in [0.25, 0.3) is 0 Å². The molecule has 2 aliphatic carbocycles. The molecule has 5 nitrogen and oxygen atoms in total. The number of nitro groups is 1. The van der Waals surface area contributed by atoms with Gasteiger partial charge in [0.2, 0.25) is 0 Å². The second-order valence-corrected chi connectivity index (χ2v) is 6.81. The van der Waals surface area contributed by atoms with Gasteiger partial charge in [0.15, 0.2) is 0 Å². The van der Waals surface area contributed by atoms with Gasteiger partial charge in [-0.15, -0.1) is 0 Å². The summed E-state index contributed by atoms with van der Waals surface area (Å²) < 4.78 is 6.30. The van der Waals surface area contributed by atoms with E-state index in [4.69, 9.17) is 4.74 Å². The quantitative estimate of drug-likeness (QED) is 0.620. The molecule has 0 spiro atoms. The van der Waals surface area contributed by atoms with E-state index in [0.717, 1.165) is 25.7 Å². The summed E-state index contributed by atoms with van der Waals surface area (Å²) in [5, 5.41) is 10.8. The lowest BCUT2D eigenvalue weighted by Gasteiger charge is -2.31. The van der Waals surface area contributed by atoms with Crippen LogP contribution >= 0.6 is 0 Å². The SMILES string of the molecule is CN(C)C1CCC2=CC=CCC2C(Oc2ccc([N+](=O)[O-])cc2)C1. The highest BCUT2D eigenvalue weighted by molar-refractivity contribution is 5.36. The first-order valence-corrected chi connectivity index (χ1v) is 8.47. The fourth-order valence-corrected chi connectivity index (χ4v) is 3.66. The summed E-state index contributed by atoms with van der Waals surface area (Å²) in [4.78, 5) is 12.7. The molecule has 1 aromatic carbocycles. The fraction of sp³-hybridized carbons (Fsp3) is 0.474. The van der Waals surface area contributed by atoms with Crippen molar-refractivity contribution in [1.29, 1.82) is 0 Å². The minimum absolute atomic E-state index is 0.0931. The van der Waals surface area contributed by atoms with Crippen LogP contribution in [0, 0.1) is 16.0 Å². The van der Waals surface area contributed by atoms with Gasteiger partial charge in [-0.25, -0.2) is 0 Å². The summed E-state index contributed by atoms with van der Waals surface area (Å²) in [6, 6.07) is 6.91. The normalized spacial score (nSPS) is 26.5. The molecule has 128 valence electrons. The number of hydrogen-bond acceptors (Lipinski definition) is 4. The first-order valence-electron chi connectivity index (χ1n) is 8.47. The topological polar surface area (TPSA) is 55.6 Å². The number of allylic oxidation sites excluding steroid dienone is 3. The molecule has 3 unspecified atom stereocenters. The number of nitrogens with zero attached hydrogens (tertiary/aromatic N) is 2. The van der Waals surface area contributed by atoms with Crippen molar-refractivity contribution in [2.75, 3.05) is 14.1 Å². The smallest absolute Gasteiger partial charge is 0.269 e. The molecule has 2 aliphatic rings. The minimum atomic E-state index is -0.385. The predicted molar refractivity (Wildman–Crippen MR) is 94.2 cm³/mol. The van der Waals surface area contributed by atoms with Crippen LogP contribution in [0.3, 0.4) is 0 Å². The van der Waals surface area contributed by atoms with Crippen molar-refractivity contribution < 1.29 is 9.66 Å². The Balaban J connectivity index is 1.80. The summed E-state index contributed by atoms with van der Waals surface area (Å²) in [6.45, 7) is 0. The molecular formula is C19H24N2O3. The molecule has 0 heterocycles. The van der Waals surface area contributed by atoms with Gasteiger partial charge >= 0.3 is 0 Å². The summed E-state index contributed by atoms with van der Waals surface area (Å²) in [7, 11) is 4.24. The zero-order valence-electron chi connectivity index (χ0n) is 14.2. The maximum Gasteiger partial charge on any atom is 0.269 e. The van der Waals surface area contributed by atoms with E-state index in [0.29, 0.717) is 17.7 Å². The second kappa shape index (κ2) is 7.18. The minimum Gasteiger partial charge on any atom is -0.490 e. The molecule has 24 heavy (non-hydrogen) atoms. The molecule has 0 amide bonds.